The summed E-state index contributed by atoms with van der Waals surface area (Å²) in [5, 5.41) is 5.15. The van der Waals surface area contributed by atoms with E-state index >= 15 is 0 Å². The third-order valence-corrected chi connectivity index (χ3v) is 9.47. The Hall–Kier alpha value is -2.96. The van der Waals surface area contributed by atoms with Gasteiger partial charge in [-0.25, -0.2) is 6.08 Å². The minimum absolute atomic E-state index is 0. The van der Waals surface area contributed by atoms with Crippen LogP contribution in [0.15, 0.2) is 122 Å². The number of benzene rings is 4. The van der Waals surface area contributed by atoms with Crippen LogP contribution < -0.4 is 24.8 Å². The van der Waals surface area contributed by atoms with E-state index in [4.69, 9.17) is 0 Å². The quantitative estimate of drug-likeness (QED) is 0.202. The van der Waals surface area contributed by atoms with E-state index in [0.717, 1.165) is 11.1 Å². The monoisotopic (exact) mass is 720 g/mol. The molecule has 0 amide bonds. The molecular formula is C43H44Cl2Zr-2. The molecule has 0 N–H and O–H groups in total. The topological polar surface area (TPSA) is 0 Å². The predicted molar refractivity (Wildman–Crippen MR) is 192 cm³/mol. The Morgan fingerprint density at radius 1 is 0.761 bits per heavy atom. The zero-order valence-corrected chi connectivity index (χ0v) is 31.9. The summed E-state index contributed by atoms with van der Waals surface area (Å²) in [6.45, 7) is 20.8. The predicted octanol–water partition coefficient (Wildman–Crippen LogP) is 5.78. The Kier molecular flexibility index (Phi) is 15.2. The molecule has 3 heteroatoms. The van der Waals surface area contributed by atoms with Crippen LogP contribution in [0.1, 0.15) is 67.5 Å². The Morgan fingerprint density at radius 2 is 1.20 bits per heavy atom. The smallest absolute Gasteiger partial charge is 1.00 e. The van der Waals surface area contributed by atoms with Crippen molar-refractivity contribution >= 4 is 36.9 Å². The Labute approximate surface area is 304 Å². The summed E-state index contributed by atoms with van der Waals surface area (Å²) in [4.78, 5) is 0. The van der Waals surface area contributed by atoms with Crippen molar-refractivity contribution in [2.75, 3.05) is 0 Å². The Balaban J connectivity index is 0.000000241. The second kappa shape index (κ2) is 17.8. The molecule has 0 nitrogen and oxygen atoms in total. The van der Waals surface area contributed by atoms with Crippen molar-refractivity contribution in [1.82, 2.24) is 0 Å². The van der Waals surface area contributed by atoms with Crippen molar-refractivity contribution in [3.63, 3.8) is 0 Å². The molecule has 1 unspecified atom stereocenters. The fourth-order valence-corrected chi connectivity index (χ4v) is 5.93. The summed E-state index contributed by atoms with van der Waals surface area (Å²) in [5.41, 5.74) is 9.37. The maximum absolute atomic E-state index is 3.82. The fourth-order valence-electron chi connectivity index (χ4n) is 5.11. The van der Waals surface area contributed by atoms with Gasteiger partial charge in [-0.2, -0.15) is 11.6 Å². The fraction of sp³-hybridized carbons (Fsp3) is 0.209. The van der Waals surface area contributed by atoms with Crippen LogP contribution in [0.3, 0.4) is 0 Å². The van der Waals surface area contributed by atoms with Crippen molar-refractivity contribution in [3.8, 4) is 0 Å². The zero-order chi connectivity index (χ0) is 31.9. The van der Waals surface area contributed by atoms with Crippen LogP contribution in [0.25, 0.3) is 33.7 Å². The number of hydrogen-bond acceptors (Lipinski definition) is 0. The number of fused-ring (bicyclic) bond motifs is 3. The number of rotatable bonds is 5. The molecule has 1 aliphatic rings. The van der Waals surface area contributed by atoms with Crippen molar-refractivity contribution in [2.45, 2.75) is 48.0 Å². The molecule has 1 atom stereocenters. The van der Waals surface area contributed by atoms with Gasteiger partial charge < -0.3 is 24.8 Å². The molecule has 1 aliphatic carbocycles. The van der Waals surface area contributed by atoms with Crippen molar-refractivity contribution in [1.29, 1.82) is 0 Å². The number of aryl methyl sites for hydroxylation is 2. The Bertz CT molecular complexity index is 1720. The van der Waals surface area contributed by atoms with Gasteiger partial charge in [-0.15, -0.1) is 39.7 Å². The first-order chi connectivity index (χ1) is 21.0. The van der Waals surface area contributed by atoms with E-state index in [1.54, 1.807) is 0 Å². The van der Waals surface area contributed by atoms with E-state index in [0.29, 0.717) is 11.3 Å². The summed E-state index contributed by atoms with van der Waals surface area (Å²) in [5.74, 6) is 0.573. The average Bonchev–Trinajstić information content (AvgIpc) is 3.67. The number of halogens is 2. The van der Waals surface area contributed by atoms with Gasteiger partial charge in [0.25, 0.3) is 0 Å². The summed E-state index contributed by atoms with van der Waals surface area (Å²) < 4.78 is 1.42. The van der Waals surface area contributed by atoms with Crippen LogP contribution in [0.4, 0.5) is 0 Å². The average molecular weight is 723 g/mol. The molecule has 0 aromatic heterocycles. The molecule has 6 rings (SSSR count). The van der Waals surface area contributed by atoms with E-state index in [1.165, 1.54) is 83.2 Å². The number of hydrogen-bond donors (Lipinski definition) is 0. The zero-order valence-electron chi connectivity index (χ0n) is 27.9. The van der Waals surface area contributed by atoms with Crippen LogP contribution in [0.2, 0.25) is 0 Å². The van der Waals surface area contributed by atoms with Gasteiger partial charge in [-0.3, -0.25) is 6.08 Å². The van der Waals surface area contributed by atoms with Gasteiger partial charge in [0.15, 0.2) is 0 Å². The molecule has 5 aromatic carbocycles. The molecule has 0 heterocycles. The van der Waals surface area contributed by atoms with Crippen LogP contribution in [-0.4, -0.2) is 3.21 Å². The van der Waals surface area contributed by atoms with Crippen molar-refractivity contribution < 1.29 is 49.0 Å². The van der Waals surface area contributed by atoms with Gasteiger partial charge in [-0.1, -0.05) is 95.0 Å². The van der Waals surface area contributed by atoms with Crippen molar-refractivity contribution in [2.24, 2.45) is 11.3 Å². The Morgan fingerprint density at radius 3 is 1.52 bits per heavy atom. The molecule has 0 bridgehead atoms. The molecular weight excluding hydrogens is 679 g/mol. The normalized spacial score (nSPS) is 13.3. The molecule has 0 saturated heterocycles. The third-order valence-electron chi connectivity index (χ3n) is 8.05. The summed E-state index contributed by atoms with van der Waals surface area (Å²) >= 11 is 1.46. The van der Waals surface area contributed by atoms with Crippen molar-refractivity contribution in [3.05, 3.63) is 161 Å². The minimum Gasteiger partial charge on any atom is -1.00 e. The van der Waals surface area contributed by atoms with Crippen LogP contribution >= 0.6 is 0 Å². The largest absolute Gasteiger partial charge is 1.00 e. The molecule has 5 aromatic rings. The van der Waals surface area contributed by atoms with Gasteiger partial charge >= 0.3 is 112 Å². The van der Waals surface area contributed by atoms with E-state index in [1.807, 2.05) is 12.2 Å². The first-order valence-electron chi connectivity index (χ1n) is 15.4. The van der Waals surface area contributed by atoms with Gasteiger partial charge in [0.2, 0.25) is 0 Å². The summed E-state index contributed by atoms with van der Waals surface area (Å²) in [6.07, 6.45) is 12.8. The van der Waals surface area contributed by atoms with Gasteiger partial charge in [0.05, 0.1) is 0 Å². The molecule has 0 radical (unpaired) electrons. The van der Waals surface area contributed by atoms with Crippen LogP contribution in [-0.2, 0) is 24.2 Å². The van der Waals surface area contributed by atoms with E-state index in [-0.39, 0.29) is 24.8 Å². The maximum atomic E-state index is 3.82. The number of allylic oxidation sites excluding steroid dienone is 4. The molecule has 236 valence electrons. The molecule has 46 heavy (non-hydrogen) atoms. The van der Waals surface area contributed by atoms with E-state index < -0.39 is 0 Å². The van der Waals surface area contributed by atoms with Crippen LogP contribution in [0, 0.1) is 31.3 Å². The second-order valence-electron chi connectivity index (χ2n) is 12.6. The maximum Gasteiger partial charge on any atom is -1.00 e. The molecule has 0 saturated carbocycles. The van der Waals surface area contributed by atoms with Crippen LogP contribution in [0.5, 0.6) is 0 Å². The summed E-state index contributed by atoms with van der Waals surface area (Å²) in [6, 6.07) is 32.6. The van der Waals surface area contributed by atoms with E-state index in [9.17, 15) is 0 Å². The molecule has 0 aliphatic heterocycles. The van der Waals surface area contributed by atoms with Gasteiger partial charge in [-0.05, 0) is 11.1 Å². The molecule has 0 fully saturated rings. The van der Waals surface area contributed by atoms with Gasteiger partial charge in [0, 0.05) is 0 Å². The molecule has 0 spiro atoms. The van der Waals surface area contributed by atoms with E-state index in [2.05, 4.69) is 164 Å². The third kappa shape index (κ3) is 10.3. The first kappa shape index (κ1) is 39.2. The van der Waals surface area contributed by atoms with Gasteiger partial charge in [0.1, 0.15) is 0 Å². The standard InChI is InChI=1S/C17H13.C15H14.C11H17.2ClH.Zr/c1-3-12-5-7-14-11-15-8-6-13(4-2)10-17(15)16(14)9-12;1-12-3-7-14(8-4-12)11-15-9-5-13(2)6-10-15;1-5-9-6-7-10(8-9)11(2,3)4;;;/h3-11H,1-2H2;3-10H,1-2H3;7-9H,5H2,1-4H3;2*1H;/q-1;;-1;;;+2/p-2. The summed E-state index contributed by atoms with van der Waals surface area (Å²) in [7, 11) is 0. The SMILES string of the molecule is C=Cc1ccc2[cH-]c3ccc(C=C)cc3c2c1.CCC1[C-]=CC(C(C)(C)C)=C1.Cc1ccc([C](=[Zr+2])c2ccc(C)cc2)cc1.[Cl-].[Cl-]. The second-order valence-corrected chi connectivity index (χ2v) is 13.8. The first-order valence-corrected chi connectivity index (χ1v) is 16.7. The minimum atomic E-state index is 0.